The molecule has 0 spiro atoms. The molecule has 0 radical (unpaired) electrons. The standard InChI is InChI=1S/C29H24BrClN2O5/c1-3-7-20-14-19(16-25(37-4-2)26(20)38-17-18-10-12-21(30)13-11-18)15-22-27(34)32-29(36)33(28(22)35)24-9-6-5-8-23(24)31/h3,5-6,8-16H,1,4,7,17H2,2H3,(H,32,34,36)/b22-15+. The van der Waals surface area contributed by atoms with Gasteiger partial charge in [0.1, 0.15) is 12.2 Å². The van der Waals surface area contributed by atoms with Crippen molar-refractivity contribution >= 4 is 57.1 Å². The number of para-hydroxylation sites is 1. The van der Waals surface area contributed by atoms with Gasteiger partial charge in [-0.3, -0.25) is 14.9 Å². The number of allylic oxidation sites excluding steroid dienone is 1. The van der Waals surface area contributed by atoms with E-state index in [2.05, 4.69) is 27.8 Å². The van der Waals surface area contributed by atoms with Crippen LogP contribution < -0.4 is 19.7 Å². The molecule has 7 nitrogen and oxygen atoms in total. The summed E-state index contributed by atoms with van der Waals surface area (Å²) in [5.41, 5.74) is 2.21. The van der Waals surface area contributed by atoms with Crippen molar-refractivity contribution in [2.24, 2.45) is 0 Å². The van der Waals surface area contributed by atoms with E-state index < -0.39 is 17.8 Å². The van der Waals surface area contributed by atoms with E-state index in [-0.39, 0.29) is 16.3 Å². The molecule has 1 heterocycles. The summed E-state index contributed by atoms with van der Waals surface area (Å²) in [4.78, 5) is 39.4. The van der Waals surface area contributed by atoms with Crippen LogP contribution in [0.25, 0.3) is 6.08 Å². The van der Waals surface area contributed by atoms with Gasteiger partial charge < -0.3 is 9.47 Å². The van der Waals surface area contributed by atoms with Gasteiger partial charge in [-0.15, -0.1) is 6.58 Å². The number of barbiturate groups is 1. The smallest absolute Gasteiger partial charge is 0.335 e. The number of imide groups is 2. The lowest BCUT2D eigenvalue weighted by molar-refractivity contribution is -0.122. The zero-order chi connectivity index (χ0) is 27.2. The number of rotatable bonds is 9. The van der Waals surface area contributed by atoms with Crippen LogP contribution in [0.4, 0.5) is 10.5 Å². The average Bonchev–Trinajstić information content (AvgIpc) is 2.88. The van der Waals surface area contributed by atoms with Gasteiger partial charge in [0.25, 0.3) is 11.8 Å². The predicted octanol–water partition coefficient (Wildman–Crippen LogP) is 6.48. The summed E-state index contributed by atoms with van der Waals surface area (Å²) in [6.45, 7) is 6.37. The predicted molar refractivity (Wildman–Crippen MR) is 150 cm³/mol. The van der Waals surface area contributed by atoms with Crippen LogP contribution in [0.2, 0.25) is 5.02 Å². The van der Waals surface area contributed by atoms with Crippen LogP contribution in [0.5, 0.6) is 11.5 Å². The first kappa shape index (κ1) is 27.2. The van der Waals surface area contributed by atoms with E-state index in [1.54, 1.807) is 36.4 Å². The number of urea groups is 1. The molecule has 1 saturated heterocycles. The van der Waals surface area contributed by atoms with Crippen molar-refractivity contribution in [3.05, 3.63) is 105 Å². The molecule has 0 aliphatic carbocycles. The van der Waals surface area contributed by atoms with Crippen molar-refractivity contribution in [2.45, 2.75) is 20.0 Å². The number of anilines is 1. The third-order valence-corrected chi connectivity index (χ3v) is 6.47. The fourth-order valence-electron chi connectivity index (χ4n) is 3.91. The van der Waals surface area contributed by atoms with Gasteiger partial charge in [0.2, 0.25) is 0 Å². The number of amides is 4. The fourth-order valence-corrected chi connectivity index (χ4v) is 4.40. The molecule has 3 aromatic carbocycles. The van der Waals surface area contributed by atoms with Crippen LogP contribution in [-0.4, -0.2) is 24.5 Å². The van der Waals surface area contributed by atoms with Crippen LogP contribution in [0.1, 0.15) is 23.6 Å². The molecule has 9 heteroatoms. The second-order valence-electron chi connectivity index (χ2n) is 8.26. The van der Waals surface area contributed by atoms with Gasteiger partial charge in [0.15, 0.2) is 11.5 Å². The summed E-state index contributed by atoms with van der Waals surface area (Å²) in [6, 6.07) is 16.8. The van der Waals surface area contributed by atoms with E-state index in [0.717, 1.165) is 20.5 Å². The molecule has 1 fully saturated rings. The SMILES string of the molecule is C=CCc1cc(/C=C2\C(=O)NC(=O)N(c3ccccc3Cl)C2=O)cc(OCC)c1OCc1ccc(Br)cc1. The van der Waals surface area contributed by atoms with E-state index >= 15 is 0 Å². The molecule has 4 rings (SSSR count). The van der Waals surface area contributed by atoms with Crippen molar-refractivity contribution < 1.29 is 23.9 Å². The third-order valence-electron chi connectivity index (χ3n) is 5.62. The molecule has 1 aliphatic rings. The summed E-state index contributed by atoms with van der Waals surface area (Å²) in [5.74, 6) is -0.588. The van der Waals surface area contributed by atoms with Gasteiger partial charge in [-0.1, -0.05) is 57.9 Å². The highest BCUT2D eigenvalue weighted by Gasteiger charge is 2.37. The van der Waals surface area contributed by atoms with Crippen molar-refractivity contribution in [1.29, 1.82) is 0 Å². The Labute approximate surface area is 233 Å². The lowest BCUT2D eigenvalue weighted by Gasteiger charge is -2.27. The minimum absolute atomic E-state index is 0.175. The third kappa shape index (κ3) is 5.98. The lowest BCUT2D eigenvalue weighted by atomic mass is 10.0. The van der Waals surface area contributed by atoms with E-state index in [1.165, 1.54) is 12.1 Å². The molecule has 3 aromatic rings. The zero-order valence-electron chi connectivity index (χ0n) is 20.5. The van der Waals surface area contributed by atoms with Crippen LogP contribution in [0, 0.1) is 0 Å². The van der Waals surface area contributed by atoms with Crippen molar-refractivity contribution in [2.75, 3.05) is 11.5 Å². The summed E-state index contributed by atoms with van der Waals surface area (Å²) in [5, 5.41) is 2.41. The number of ether oxygens (including phenoxy) is 2. The summed E-state index contributed by atoms with van der Waals surface area (Å²) in [7, 11) is 0. The van der Waals surface area contributed by atoms with Crippen molar-refractivity contribution in [3.63, 3.8) is 0 Å². The minimum atomic E-state index is -0.871. The molecule has 194 valence electrons. The summed E-state index contributed by atoms with van der Waals surface area (Å²) >= 11 is 9.65. The first-order chi connectivity index (χ1) is 18.3. The topological polar surface area (TPSA) is 84.9 Å². The second-order valence-corrected chi connectivity index (χ2v) is 9.58. The molecule has 0 unspecified atom stereocenters. The Morgan fingerprint density at radius 2 is 1.79 bits per heavy atom. The van der Waals surface area contributed by atoms with E-state index in [9.17, 15) is 14.4 Å². The molecule has 0 saturated carbocycles. The number of nitrogens with one attached hydrogen (secondary N) is 1. The molecular weight excluding hydrogens is 572 g/mol. The van der Waals surface area contributed by atoms with Crippen LogP contribution in [-0.2, 0) is 22.6 Å². The molecule has 38 heavy (non-hydrogen) atoms. The van der Waals surface area contributed by atoms with Gasteiger partial charge >= 0.3 is 6.03 Å². The number of halogens is 2. The second kappa shape index (κ2) is 12.1. The van der Waals surface area contributed by atoms with Crippen LogP contribution >= 0.6 is 27.5 Å². The minimum Gasteiger partial charge on any atom is -0.490 e. The van der Waals surface area contributed by atoms with Gasteiger partial charge in [-0.05, 0) is 66.9 Å². The maximum absolute atomic E-state index is 13.3. The van der Waals surface area contributed by atoms with E-state index in [0.29, 0.717) is 36.7 Å². The normalized spacial score (nSPS) is 14.4. The molecule has 0 bridgehead atoms. The van der Waals surface area contributed by atoms with E-state index in [4.69, 9.17) is 21.1 Å². The Morgan fingerprint density at radius 1 is 1.05 bits per heavy atom. The highest BCUT2D eigenvalue weighted by atomic mass is 79.9. The molecule has 1 N–H and O–H groups in total. The highest BCUT2D eigenvalue weighted by molar-refractivity contribution is 9.10. The molecule has 0 aromatic heterocycles. The Bertz CT molecular complexity index is 1440. The Hall–Kier alpha value is -3.88. The van der Waals surface area contributed by atoms with E-state index in [1.807, 2.05) is 31.2 Å². The maximum Gasteiger partial charge on any atom is 0.335 e. The number of hydrogen-bond donors (Lipinski definition) is 1. The average molecular weight is 596 g/mol. The van der Waals surface area contributed by atoms with Crippen LogP contribution in [0.15, 0.2) is 83.4 Å². The van der Waals surface area contributed by atoms with Gasteiger partial charge in [-0.25, -0.2) is 9.69 Å². The van der Waals surface area contributed by atoms with Gasteiger partial charge in [0, 0.05) is 10.0 Å². The van der Waals surface area contributed by atoms with Crippen molar-refractivity contribution in [1.82, 2.24) is 5.32 Å². The monoisotopic (exact) mass is 594 g/mol. The quantitative estimate of drug-likeness (QED) is 0.174. The fraction of sp³-hybridized carbons (Fsp3) is 0.138. The van der Waals surface area contributed by atoms with Gasteiger partial charge in [-0.2, -0.15) is 0 Å². The first-order valence-electron chi connectivity index (χ1n) is 11.8. The van der Waals surface area contributed by atoms with Crippen LogP contribution in [0.3, 0.4) is 0 Å². The zero-order valence-corrected chi connectivity index (χ0v) is 22.8. The molecular formula is C29H24BrClN2O5. The van der Waals surface area contributed by atoms with Crippen molar-refractivity contribution in [3.8, 4) is 11.5 Å². The first-order valence-corrected chi connectivity index (χ1v) is 12.9. The Balaban J connectivity index is 1.72. The number of nitrogens with zero attached hydrogens (tertiary/aromatic N) is 1. The Morgan fingerprint density at radius 3 is 2.47 bits per heavy atom. The number of carbonyl (C=O) groups is 3. The maximum atomic E-state index is 13.3. The number of hydrogen-bond acceptors (Lipinski definition) is 5. The number of carbonyl (C=O) groups excluding carboxylic acids is 3. The molecule has 1 aliphatic heterocycles. The summed E-state index contributed by atoms with van der Waals surface area (Å²) < 4.78 is 13.0. The Kier molecular flexibility index (Phi) is 8.66. The summed E-state index contributed by atoms with van der Waals surface area (Å²) in [6.07, 6.45) is 3.60. The number of benzene rings is 3. The largest absolute Gasteiger partial charge is 0.490 e. The molecule has 0 atom stereocenters. The lowest BCUT2D eigenvalue weighted by Crippen LogP contribution is -2.54. The highest BCUT2D eigenvalue weighted by Crippen LogP contribution is 2.36. The van der Waals surface area contributed by atoms with Gasteiger partial charge in [0.05, 0.1) is 17.3 Å². The molecule has 4 amide bonds.